The predicted octanol–water partition coefficient (Wildman–Crippen LogP) is 3.51. The number of halogens is 4. The van der Waals surface area contributed by atoms with Crippen molar-refractivity contribution in [1.82, 2.24) is 5.32 Å². The molecule has 1 aliphatic carbocycles. The lowest BCUT2D eigenvalue weighted by atomic mass is 10.1. The molecule has 6 heteroatoms. The van der Waals surface area contributed by atoms with Gasteiger partial charge in [0.15, 0.2) is 0 Å². The minimum Gasteiger partial charge on any atom is -0.348 e. The van der Waals surface area contributed by atoms with Crippen LogP contribution in [0.25, 0.3) is 0 Å². The number of rotatable bonds is 2. The first-order chi connectivity index (χ1) is 8.49. The zero-order valence-corrected chi connectivity index (χ0v) is 10.9. The molecule has 0 aliphatic heterocycles. The fourth-order valence-corrected chi connectivity index (χ4v) is 2.51. The van der Waals surface area contributed by atoms with E-state index in [0.29, 0.717) is 0 Å². The highest BCUT2D eigenvalue weighted by Crippen LogP contribution is 2.25. The Hall–Kier alpha value is -0.870. The van der Waals surface area contributed by atoms with Gasteiger partial charge in [-0.25, -0.2) is 8.78 Å². The van der Waals surface area contributed by atoms with Crippen LogP contribution in [-0.4, -0.2) is 17.3 Å². The Morgan fingerprint density at radius 2 is 2.00 bits per heavy atom. The molecule has 1 fully saturated rings. The Kier molecular flexibility index (Phi) is 4.07. The number of carbonyl (C=O) groups is 1. The number of hydrogen-bond acceptors (Lipinski definition) is 1. The van der Waals surface area contributed by atoms with Crippen LogP contribution in [0.15, 0.2) is 12.1 Å². The zero-order valence-electron chi connectivity index (χ0n) is 9.35. The standard InChI is InChI=1S/C12H11Cl2F2NO/c13-7-2-1-3-11(7)17-12(18)6-4-10(16)8(14)5-9(6)15/h4-5,7,11H,1-3H2,(H,17,18). The van der Waals surface area contributed by atoms with Crippen LogP contribution in [0, 0.1) is 11.6 Å². The van der Waals surface area contributed by atoms with Gasteiger partial charge in [-0.05, 0) is 31.4 Å². The van der Waals surface area contributed by atoms with E-state index < -0.39 is 17.5 Å². The van der Waals surface area contributed by atoms with Crippen molar-refractivity contribution in [3.05, 3.63) is 34.4 Å². The van der Waals surface area contributed by atoms with Crippen LogP contribution >= 0.6 is 23.2 Å². The molecule has 1 aromatic rings. The second-order valence-corrected chi connectivity index (χ2v) is 5.24. The number of hydrogen-bond donors (Lipinski definition) is 1. The van der Waals surface area contributed by atoms with Gasteiger partial charge in [0.1, 0.15) is 11.6 Å². The number of nitrogens with one attached hydrogen (secondary N) is 1. The molecular weight excluding hydrogens is 283 g/mol. The highest BCUT2D eigenvalue weighted by molar-refractivity contribution is 6.30. The minimum atomic E-state index is -0.844. The van der Waals surface area contributed by atoms with Crippen LogP contribution in [0.3, 0.4) is 0 Å². The number of amides is 1. The molecular formula is C12H11Cl2F2NO. The molecule has 2 nitrogen and oxygen atoms in total. The smallest absolute Gasteiger partial charge is 0.254 e. The second kappa shape index (κ2) is 5.41. The molecule has 0 radical (unpaired) electrons. The highest BCUT2D eigenvalue weighted by atomic mass is 35.5. The summed E-state index contributed by atoms with van der Waals surface area (Å²) in [6, 6.07) is 1.39. The Bertz CT molecular complexity index is 481. The largest absolute Gasteiger partial charge is 0.348 e. The van der Waals surface area contributed by atoms with Crippen LogP contribution < -0.4 is 5.32 Å². The summed E-state index contributed by atoms with van der Waals surface area (Å²) in [5.74, 6) is -2.33. The van der Waals surface area contributed by atoms with Crippen LogP contribution in [0.2, 0.25) is 5.02 Å². The number of benzene rings is 1. The molecule has 0 saturated heterocycles. The molecule has 1 aromatic carbocycles. The van der Waals surface area contributed by atoms with E-state index >= 15 is 0 Å². The van der Waals surface area contributed by atoms with Crippen molar-refractivity contribution >= 4 is 29.1 Å². The summed E-state index contributed by atoms with van der Waals surface area (Å²) in [5.41, 5.74) is -0.354. The fourth-order valence-electron chi connectivity index (χ4n) is 2.02. The van der Waals surface area contributed by atoms with Crippen LogP contribution in [0.1, 0.15) is 29.6 Å². The molecule has 2 atom stereocenters. The first kappa shape index (κ1) is 13.6. The molecule has 0 aromatic heterocycles. The average Bonchev–Trinajstić information content (AvgIpc) is 2.69. The van der Waals surface area contributed by atoms with Crippen LogP contribution in [0.4, 0.5) is 8.78 Å². The van der Waals surface area contributed by atoms with Crippen molar-refractivity contribution in [3.63, 3.8) is 0 Å². The monoisotopic (exact) mass is 293 g/mol. The quantitative estimate of drug-likeness (QED) is 0.656. The van der Waals surface area contributed by atoms with E-state index in [1.54, 1.807) is 0 Å². The van der Waals surface area contributed by atoms with Crippen molar-refractivity contribution in [2.45, 2.75) is 30.7 Å². The third-order valence-corrected chi connectivity index (χ3v) is 3.81. The summed E-state index contributed by atoms with van der Waals surface area (Å²) in [4.78, 5) is 11.8. The third-order valence-electron chi connectivity index (χ3n) is 3.00. The normalized spacial score (nSPS) is 23.1. The van der Waals surface area contributed by atoms with Gasteiger partial charge in [-0.1, -0.05) is 11.6 Å². The Labute approximate surface area is 113 Å². The van der Waals surface area contributed by atoms with Crippen LogP contribution in [0.5, 0.6) is 0 Å². The molecule has 2 unspecified atom stereocenters. The Morgan fingerprint density at radius 1 is 1.28 bits per heavy atom. The van der Waals surface area contributed by atoms with Crippen molar-refractivity contribution in [2.24, 2.45) is 0 Å². The first-order valence-corrected chi connectivity index (χ1v) is 6.40. The van der Waals surface area contributed by atoms with Gasteiger partial charge < -0.3 is 5.32 Å². The second-order valence-electron chi connectivity index (χ2n) is 4.27. The summed E-state index contributed by atoms with van der Waals surface area (Å²) < 4.78 is 26.7. The molecule has 1 saturated carbocycles. The van der Waals surface area contributed by atoms with Crippen molar-refractivity contribution in [3.8, 4) is 0 Å². The molecule has 98 valence electrons. The molecule has 1 amide bonds. The average molecular weight is 294 g/mol. The van der Waals surface area contributed by atoms with Crippen LogP contribution in [-0.2, 0) is 0 Å². The summed E-state index contributed by atoms with van der Waals surface area (Å²) in [7, 11) is 0. The van der Waals surface area contributed by atoms with E-state index in [0.717, 1.165) is 31.4 Å². The van der Waals surface area contributed by atoms with Gasteiger partial charge in [-0.3, -0.25) is 4.79 Å². The lowest BCUT2D eigenvalue weighted by Crippen LogP contribution is -2.38. The maximum atomic E-state index is 13.5. The van der Waals surface area contributed by atoms with E-state index in [-0.39, 0.29) is 22.0 Å². The van der Waals surface area contributed by atoms with Crippen molar-refractivity contribution in [2.75, 3.05) is 0 Å². The van der Waals surface area contributed by atoms with Gasteiger partial charge >= 0.3 is 0 Å². The molecule has 18 heavy (non-hydrogen) atoms. The summed E-state index contributed by atoms with van der Waals surface area (Å²) in [6.45, 7) is 0. The molecule has 1 aliphatic rings. The lowest BCUT2D eigenvalue weighted by molar-refractivity contribution is 0.0934. The van der Waals surface area contributed by atoms with Crippen molar-refractivity contribution < 1.29 is 13.6 Å². The van der Waals surface area contributed by atoms with Gasteiger partial charge in [0, 0.05) is 6.04 Å². The topological polar surface area (TPSA) is 29.1 Å². The predicted molar refractivity (Wildman–Crippen MR) is 66.1 cm³/mol. The SMILES string of the molecule is O=C(NC1CCCC1Cl)c1cc(F)c(Cl)cc1F. The van der Waals surface area contributed by atoms with Gasteiger partial charge in [-0.2, -0.15) is 0 Å². The van der Waals surface area contributed by atoms with Gasteiger partial charge in [0.25, 0.3) is 5.91 Å². The van der Waals surface area contributed by atoms with E-state index in [1.807, 2.05) is 0 Å². The van der Waals surface area contributed by atoms with Gasteiger partial charge in [-0.15, -0.1) is 11.6 Å². The molecule has 0 heterocycles. The van der Waals surface area contributed by atoms with Gasteiger partial charge in [0.2, 0.25) is 0 Å². The summed E-state index contributed by atoms with van der Waals surface area (Å²) >= 11 is 11.4. The lowest BCUT2D eigenvalue weighted by Gasteiger charge is -2.16. The summed E-state index contributed by atoms with van der Waals surface area (Å²) in [5, 5.41) is 2.11. The van der Waals surface area contributed by atoms with E-state index in [2.05, 4.69) is 5.32 Å². The number of alkyl halides is 1. The molecule has 1 N–H and O–H groups in total. The number of carbonyl (C=O) groups excluding carboxylic acids is 1. The molecule has 0 spiro atoms. The first-order valence-electron chi connectivity index (χ1n) is 5.58. The van der Waals surface area contributed by atoms with E-state index in [4.69, 9.17) is 23.2 Å². The molecule has 0 bridgehead atoms. The maximum Gasteiger partial charge on any atom is 0.254 e. The van der Waals surface area contributed by atoms with E-state index in [9.17, 15) is 13.6 Å². The Balaban J connectivity index is 2.16. The molecule has 2 rings (SSSR count). The highest BCUT2D eigenvalue weighted by Gasteiger charge is 2.28. The maximum absolute atomic E-state index is 13.5. The zero-order chi connectivity index (χ0) is 13.3. The Morgan fingerprint density at radius 3 is 2.61 bits per heavy atom. The van der Waals surface area contributed by atoms with E-state index in [1.165, 1.54) is 0 Å². The summed E-state index contributed by atoms with van der Waals surface area (Å²) in [6.07, 6.45) is 2.47. The fraction of sp³-hybridized carbons (Fsp3) is 0.417. The minimum absolute atomic E-state index is 0.158. The van der Waals surface area contributed by atoms with Crippen molar-refractivity contribution in [1.29, 1.82) is 0 Å². The van der Waals surface area contributed by atoms with Gasteiger partial charge in [0.05, 0.1) is 16.0 Å². The third kappa shape index (κ3) is 2.75.